The van der Waals surface area contributed by atoms with Gasteiger partial charge in [0.2, 0.25) is 0 Å². The lowest BCUT2D eigenvalue weighted by atomic mass is 10.1. The number of hydrogen-bond acceptors (Lipinski definition) is 3. The summed E-state index contributed by atoms with van der Waals surface area (Å²) < 4.78 is 0. The number of carboxylic acid groups (broad SMARTS) is 1. The molecule has 0 aromatic carbocycles. The summed E-state index contributed by atoms with van der Waals surface area (Å²) in [6, 6.07) is 0. The molecule has 0 fully saturated rings. The molecule has 1 N–H and O–H groups in total. The Balaban J connectivity index is 3.19. The van der Waals surface area contributed by atoms with E-state index in [2.05, 4.69) is 9.97 Å². The van der Waals surface area contributed by atoms with Crippen molar-refractivity contribution in [1.82, 2.24) is 9.97 Å². The molecule has 1 heterocycles. The summed E-state index contributed by atoms with van der Waals surface area (Å²) in [5.74, 6) is -1.02. The van der Waals surface area contributed by atoms with Crippen molar-refractivity contribution in [3.05, 3.63) is 22.7 Å². The van der Waals surface area contributed by atoms with Gasteiger partial charge >= 0.3 is 5.97 Å². The average Bonchev–Trinajstić information content (AvgIpc) is 2.04. The van der Waals surface area contributed by atoms with Crippen molar-refractivity contribution in [2.24, 2.45) is 0 Å². The normalized spacial score (nSPS) is 10.5. The van der Waals surface area contributed by atoms with Crippen molar-refractivity contribution >= 4 is 17.6 Å². The number of carboxylic acids is 1. The third-order valence-electron chi connectivity index (χ3n) is 1.52. The van der Waals surface area contributed by atoms with E-state index in [-0.39, 0.29) is 16.8 Å². The first kappa shape index (κ1) is 9.92. The molecular weight excluding hydrogens is 192 g/mol. The highest BCUT2D eigenvalue weighted by atomic mass is 35.5. The molecule has 1 aromatic heterocycles. The van der Waals surface area contributed by atoms with Crippen LogP contribution in [0.15, 0.2) is 6.20 Å². The Bertz CT molecular complexity index is 339. The average molecular weight is 201 g/mol. The number of hydrogen-bond donors (Lipinski definition) is 1. The van der Waals surface area contributed by atoms with Gasteiger partial charge in [-0.1, -0.05) is 25.4 Å². The second-order valence-corrected chi connectivity index (χ2v) is 3.25. The van der Waals surface area contributed by atoms with E-state index in [1.807, 2.05) is 13.8 Å². The molecule has 0 unspecified atom stereocenters. The Morgan fingerprint density at radius 3 is 2.69 bits per heavy atom. The van der Waals surface area contributed by atoms with Crippen LogP contribution in [-0.2, 0) is 0 Å². The maximum Gasteiger partial charge on any atom is 0.356 e. The van der Waals surface area contributed by atoms with Crippen molar-refractivity contribution in [2.45, 2.75) is 19.8 Å². The van der Waals surface area contributed by atoms with E-state index in [4.69, 9.17) is 16.7 Å². The van der Waals surface area contributed by atoms with Gasteiger partial charge in [0.25, 0.3) is 0 Å². The second kappa shape index (κ2) is 3.70. The molecule has 0 atom stereocenters. The van der Waals surface area contributed by atoms with E-state index in [0.29, 0.717) is 5.69 Å². The third kappa shape index (κ3) is 2.15. The molecule has 4 nitrogen and oxygen atoms in total. The van der Waals surface area contributed by atoms with Crippen LogP contribution in [0.5, 0.6) is 0 Å². The van der Waals surface area contributed by atoms with Crippen LogP contribution in [0.2, 0.25) is 5.15 Å². The molecule has 1 aromatic rings. The van der Waals surface area contributed by atoms with Gasteiger partial charge in [0.1, 0.15) is 0 Å². The summed E-state index contributed by atoms with van der Waals surface area (Å²) in [7, 11) is 0. The largest absolute Gasteiger partial charge is 0.476 e. The summed E-state index contributed by atoms with van der Waals surface area (Å²) >= 11 is 5.73. The monoisotopic (exact) mass is 200 g/mol. The third-order valence-corrected chi connectivity index (χ3v) is 1.81. The standard InChI is InChI=1S/C8H9ClN2O2/c1-4(2)6-7(9)10-3-5(11-6)8(12)13/h3-4H,1-2H3,(H,12,13). The smallest absolute Gasteiger partial charge is 0.356 e. The van der Waals surface area contributed by atoms with E-state index in [1.54, 1.807) is 0 Å². The minimum Gasteiger partial charge on any atom is -0.476 e. The first-order chi connectivity index (χ1) is 6.02. The molecule has 0 saturated carbocycles. The molecule has 0 aliphatic carbocycles. The zero-order valence-electron chi connectivity index (χ0n) is 7.28. The van der Waals surface area contributed by atoms with Crippen LogP contribution in [-0.4, -0.2) is 21.0 Å². The predicted octanol–water partition coefficient (Wildman–Crippen LogP) is 1.95. The topological polar surface area (TPSA) is 63.1 Å². The van der Waals surface area contributed by atoms with Crippen LogP contribution in [0.4, 0.5) is 0 Å². The Labute approximate surface area is 80.6 Å². The molecule has 5 heteroatoms. The van der Waals surface area contributed by atoms with Gasteiger partial charge in [-0.2, -0.15) is 0 Å². The van der Waals surface area contributed by atoms with Crippen molar-refractivity contribution in [3.8, 4) is 0 Å². The highest BCUT2D eigenvalue weighted by Gasteiger charge is 2.12. The van der Waals surface area contributed by atoms with Crippen LogP contribution in [0.1, 0.15) is 35.9 Å². The molecular formula is C8H9ClN2O2. The first-order valence-corrected chi connectivity index (χ1v) is 4.16. The zero-order chi connectivity index (χ0) is 10.0. The van der Waals surface area contributed by atoms with E-state index >= 15 is 0 Å². The number of carbonyl (C=O) groups is 1. The molecule has 0 bridgehead atoms. The van der Waals surface area contributed by atoms with Gasteiger partial charge < -0.3 is 5.11 Å². The predicted molar refractivity (Wildman–Crippen MR) is 48.1 cm³/mol. The minimum absolute atomic E-state index is 0.0688. The maximum atomic E-state index is 10.5. The fourth-order valence-corrected chi connectivity index (χ4v) is 1.17. The quantitative estimate of drug-likeness (QED) is 0.793. The summed E-state index contributed by atoms with van der Waals surface area (Å²) in [6.45, 7) is 3.75. The lowest BCUT2D eigenvalue weighted by Crippen LogP contribution is -2.06. The number of nitrogens with zero attached hydrogens (tertiary/aromatic N) is 2. The van der Waals surface area contributed by atoms with E-state index in [0.717, 1.165) is 6.20 Å². The van der Waals surface area contributed by atoms with Crippen molar-refractivity contribution in [1.29, 1.82) is 0 Å². The van der Waals surface area contributed by atoms with Gasteiger partial charge in [-0.05, 0) is 5.92 Å². The summed E-state index contributed by atoms with van der Waals surface area (Å²) in [5, 5.41) is 8.90. The number of aromatic nitrogens is 2. The van der Waals surface area contributed by atoms with E-state index in [1.165, 1.54) is 0 Å². The van der Waals surface area contributed by atoms with Gasteiger partial charge in [0, 0.05) is 0 Å². The van der Waals surface area contributed by atoms with E-state index in [9.17, 15) is 4.79 Å². The van der Waals surface area contributed by atoms with Gasteiger partial charge in [-0.15, -0.1) is 0 Å². The van der Waals surface area contributed by atoms with Gasteiger partial charge in [-0.3, -0.25) is 0 Å². The molecule has 70 valence electrons. The molecule has 0 saturated heterocycles. The van der Waals surface area contributed by atoms with Crippen molar-refractivity contribution < 1.29 is 9.90 Å². The molecule has 0 radical (unpaired) electrons. The highest BCUT2D eigenvalue weighted by Crippen LogP contribution is 2.19. The number of aromatic carboxylic acids is 1. The van der Waals surface area contributed by atoms with Crippen molar-refractivity contribution in [2.75, 3.05) is 0 Å². The molecule has 13 heavy (non-hydrogen) atoms. The van der Waals surface area contributed by atoms with Crippen LogP contribution >= 0.6 is 11.6 Å². The summed E-state index contributed by atoms with van der Waals surface area (Å²) in [4.78, 5) is 18.2. The fourth-order valence-electron chi connectivity index (χ4n) is 0.859. The van der Waals surface area contributed by atoms with Crippen LogP contribution in [0, 0.1) is 0 Å². The minimum atomic E-state index is -1.09. The fraction of sp³-hybridized carbons (Fsp3) is 0.375. The number of halogens is 1. The maximum absolute atomic E-state index is 10.5. The lowest BCUT2D eigenvalue weighted by molar-refractivity contribution is 0.0689. The van der Waals surface area contributed by atoms with Crippen molar-refractivity contribution in [3.63, 3.8) is 0 Å². The van der Waals surface area contributed by atoms with E-state index < -0.39 is 5.97 Å². The van der Waals surface area contributed by atoms with Crippen LogP contribution in [0.25, 0.3) is 0 Å². The molecule has 1 rings (SSSR count). The second-order valence-electron chi connectivity index (χ2n) is 2.89. The highest BCUT2D eigenvalue weighted by molar-refractivity contribution is 6.30. The molecule has 0 spiro atoms. The Morgan fingerprint density at radius 2 is 2.23 bits per heavy atom. The molecule has 0 aliphatic rings. The zero-order valence-corrected chi connectivity index (χ0v) is 8.04. The summed E-state index contributed by atoms with van der Waals surface area (Å²) in [6.07, 6.45) is 1.15. The molecule has 0 aliphatic heterocycles. The van der Waals surface area contributed by atoms with Gasteiger partial charge in [0.05, 0.1) is 11.9 Å². The Morgan fingerprint density at radius 1 is 1.62 bits per heavy atom. The SMILES string of the molecule is CC(C)c1nc(C(=O)O)cnc1Cl. The van der Waals surface area contributed by atoms with Crippen LogP contribution < -0.4 is 0 Å². The molecule has 0 amide bonds. The first-order valence-electron chi connectivity index (χ1n) is 3.78. The van der Waals surface area contributed by atoms with Gasteiger partial charge in [-0.25, -0.2) is 14.8 Å². The van der Waals surface area contributed by atoms with Crippen LogP contribution in [0.3, 0.4) is 0 Å². The van der Waals surface area contributed by atoms with Gasteiger partial charge in [0.15, 0.2) is 10.8 Å². The Kier molecular flexibility index (Phi) is 2.83. The lowest BCUT2D eigenvalue weighted by Gasteiger charge is -2.05. The number of rotatable bonds is 2. The Hall–Kier alpha value is -1.16. The summed E-state index contributed by atoms with van der Waals surface area (Å²) in [5.41, 5.74) is 0.440.